The average molecular weight is 431 g/mol. The number of rotatable bonds is 7. The molecule has 0 unspecified atom stereocenters. The van der Waals surface area contributed by atoms with Crippen LogP contribution in [0.5, 0.6) is 5.75 Å². The molecule has 0 aliphatic carbocycles. The van der Waals surface area contributed by atoms with E-state index in [0.29, 0.717) is 22.1 Å². The molecule has 0 spiro atoms. The zero-order chi connectivity index (χ0) is 20.9. The third-order valence-electron chi connectivity index (χ3n) is 4.10. The third kappa shape index (κ3) is 5.28. The maximum Gasteiger partial charge on any atom is 0.264 e. The van der Waals surface area contributed by atoms with E-state index in [2.05, 4.69) is 5.32 Å². The summed E-state index contributed by atoms with van der Waals surface area (Å²) in [6.45, 7) is -0.180. The summed E-state index contributed by atoms with van der Waals surface area (Å²) in [7, 11) is -2.17. The van der Waals surface area contributed by atoms with Crippen LogP contribution in [0.15, 0.2) is 83.8 Å². The van der Waals surface area contributed by atoms with Crippen LogP contribution in [-0.4, -0.2) is 28.0 Å². The summed E-state index contributed by atoms with van der Waals surface area (Å²) in [5.41, 5.74) is 1.10. The van der Waals surface area contributed by atoms with Gasteiger partial charge in [0.1, 0.15) is 5.75 Å². The first-order valence-electron chi connectivity index (χ1n) is 8.68. The first-order chi connectivity index (χ1) is 13.9. The number of amides is 1. The van der Waals surface area contributed by atoms with Crippen LogP contribution in [0.3, 0.4) is 0 Å². The van der Waals surface area contributed by atoms with Gasteiger partial charge in [-0.25, -0.2) is 8.42 Å². The van der Waals surface area contributed by atoms with Crippen molar-refractivity contribution in [2.75, 3.05) is 23.3 Å². The Morgan fingerprint density at radius 2 is 1.59 bits per heavy atom. The van der Waals surface area contributed by atoms with Crippen LogP contribution < -0.4 is 14.4 Å². The lowest BCUT2D eigenvalue weighted by atomic mass is 10.3. The van der Waals surface area contributed by atoms with Gasteiger partial charge < -0.3 is 10.1 Å². The van der Waals surface area contributed by atoms with Crippen LogP contribution in [0.25, 0.3) is 0 Å². The van der Waals surface area contributed by atoms with E-state index in [-0.39, 0.29) is 17.4 Å². The van der Waals surface area contributed by atoms with Gasteiger partial charge in [-0.05, 0) is 60.7 Å². The van der Waals surface area contributed by atoms with Crippen molar-refractivity contribution in [3.8, 4) is 5.75 Å². The second-order valence-corrected chi connectivity index (χ2v) is 8.53. The van der Waals surface area contributed by atoms with Crippen molar-refractivity contribution in [2.45, 2.75) is 4.90 Å². The molecule has 1 amide bonds. The monoisotopic (exact) mass is 430 g/mol. The number of hydrogen-bond acceptors (Lipinski definition) is 4. The van der Waals surface area contributed by atoms with Crippen molar-refractivity contribution in [2.24, 2.45) is 0 Å². The van der Waals surface area contributed by atoms with Gasteiger partial charge in [0.15, 0.2) is 6.61 Å². The molecule has 0 aliphatic heterocycles. The zero-order valence-electron chi connectivity index (χ0n) is 15.6. The van der Waals surface area contributed by atoms with Crippen molar-refractivity contribution in [3.63, 3.8) is 0 Å². The fourth-order valence-electron chi connectivity index (χ4n) is 2.52. The predicted octanol–water partition coefficient (Wildman–Crippen LogP) is 4.18. The van der Waals surface area contributed by atoms with Crippen molar-refractivity contribution >= 4 is 38.9 Å². The van der Waals surface area contributed by atoms with Crippen LogP contribution in [0.1, 0.15) is 0 Å². The minimum atomic E-state index is -3.65. The third-order valence-corrected chi connectivity index (χ3v) is 6.15. The average Bonchev–Trinajstić information content (AvgIpc) is 2.74. The fourth-order valence-corrected chi connectivity index (χ4v) is 3.86. The van der Waals surface area contributed by atoms with E-state index in [1.165, 1.54) is 11.4 Å². The minimum Gasteiger partial charge on any atom is -0.484 e. The molecular weight excluding hydrogens is 412 g/mol. The number of benzene rings is 3. The molecule has 3 rings (SSSR count). The van der Waals surface area contributed by atoms with Gasteiger partial charge in [-0.15, -0.1) is 0 Å². The van der Waals surface area contributed by atoms with Gasteiger partial charge in [-0.1, -0.05) is 29.8 Å². The molecule has 0 bridgehead atoms. The van der Waals surface area contributed by atoms with Gasteiger partial charge >= 0.3 is 0 Å². The molecule has 0 atom stereocenters. The van der Waals surface area contributed by atoms with E-state index in [1.54, 1.807) is 78.9 Å². The molecule has 0 aliphatic rings. The molecule has 6 nitrogen and oxygen atoms in total. The highest BCUT2D eigenvalue weighted by atomic mass is 35.5. The SMILES string of the molecule is CN(c1ccc(OCC(=O)Nc2ccc(Cl)cc2)cc1)S(=O)(=O)c1ccccc1. The van der Waals surface area contributed by atoms with Crippen LogP contribution in [0.4, 0.5) is 11.4 Å². The number of sulfonamides is 1. The molecule has 8 heteroatoms. The van der Waals surface area contributed by atoms with Gasteiger partial charge in [0.2, 0.25) is 0 Å². The van der Waals surface area contributed by atoms with Crippen molar-refractivity contribution in [3.05, 3.63) is 83.9 Å². The number of hydrogen-bond donors (Lipinski definition) is 1. The Hall–Kier alpha value is -3.03. The molecule has 0 aromatic heterocycles. The van der Waals surface area contributed by atoms with Gasteiger partial charge in [-0.2, -0.15) is 0 Å². The van der Waals surface area contributed by atoms with Gasteiger partial charge in [-0.3, -0.25) is 9.10 Å². The quantitative estimate of drug-likeness (QED) is 0.610. The number of anilines is 2. The summed E-state index contributed by atoms with van der Waals surface area (Å²) < 4.78 is 32.0. The van der Waals surface area contributed by atoms with Crippen molar-refractivity contribution in [1.29, 1.82) is 0 Å². The second-order valence-electron chi connectivity index (χ2n) is 6.12. The predicted molar refractivity (Wildman–Crippen MR) is 114 cm³/mol. The highest BCUT2D eigenvalue weighted by Crippen LogP contribution is 2.24. The Labute approximate surface area is 174 Å². The Balaban J connectivity index is 1.60. The Kier molecular flexibility index (Phi) is 6.41. The summed E-state index contributed by atoms with van der Waals surface area (Å²) in [5, 5.41) is 3.28. The first kappa shape index (κ1) is 20.7. The van der Waals surface area contributed by atoms with E-state index in [0.717, 1.165) is 0 Å². The van der Waals surface area contributed by atoms with E-state index in [4.69, 9.17) is 16.3 Å². The smallest absolute Gasteiger partial charge is 0.264 e. The Bertz CT molecular complexity index is 1070. The summed E-state index contributed by atoms with van der Waals surface area (Å²) in [4.78, 5) is 12.2. The fraction of sp³-hybridized carbons (Fsp3) is 0.0952. The van der Waals surface area contributed by atoms with Gasteiger partial charge in [0.05, 0.1) is 10.6 Å². The molecule has 29 heavy (non-hydrogen) atoms. The van der Waals surface area contributed by atoms with Crippen LogP contribution in [0.2, 0.25) is 5.02 Å². The molecule has 0 fully saturated rings. The Morgan fingerprint density at radius 3 is 2.21 bits per heavy atom. The largest absolute Gasteiger partial charge is 0.484 e. The number of nitrogens with zero attached hydrogens (tertiary/aromatic N) is 1. The summed E-state index contributed by atoms with van der Waals surface area (Å²) in [6, 6.07) is 21.4. The molecule has 150 valence electrons. The number of ether oxygens (including phenoxy) is 1. The topological polar surface area (TPSA) is 75.7 Å². The lowest BCUT2D eigenvalue weighted by Crippen LogP contribution is -2.26. The summed E-state index contributed by atoms with van der Waals surface area (Å²) in [5.74, 6) is 0.130. The lowest BCUT2D eigenvalue weighted by Gasteiger charge is -2.19. The van der Waals surface area contributed by atoms with Gasteiger partial charge in [0.25, 0.3) is 15.9 Å². The number of carbonyl (C=O) groups is 1. The lowest BCUT2D eigenvalue weighted by molar-refractivity contribution is -0.118. The van der Waals surface area contributed by atoms with Crippen molar-refractivity contribution in [1.82, 2.24) is 0 Å². The maximum absolute atomic E-state index is 12.7. The maximum atomic E-state index is 12.7. The van der Waals surface area contributed by atoms with E-state index < -0.39 is 10.0 Å². The van der Waals surface area contributed by atoms with E-state index in [9.17, 15) is 13.2 Å². The standard InChI is InChI=1S/C21H19ClN2O4S/c1-24(29(26,27)20-5-3-2-4-6-20)18-11-13-19(14-12-18)28-15-21(25)23-17-9-7-16(22)8-10-17/h2-14H,15H2,1H3,(H,23,25). The number of carbonyl (C=O) groups excluding carboxylic acids is 1. The minimum absolute atomic E-state index is 0.180. The molecule has 3 aromatic rings. The van der Waals surface area contributed by atoms with Crippen LogP contribution in [-0.2, 0) is 14.8 Å². The number of nitrogens with one attached hydrogen (secondary N) is 1. The number of halogens is 1. The van der Waals surface area contributed by atoms with E-state index >= 15 is 0 Å². The van der Waals surface area contributed by atoms with Crippen molar-refractivity contribution < 1.29 is 17.9 Å². The molecular formula is C21H19ClN2O4S. The van der Waals surface area contributed by atoms with Crippen LogP contribution >= 0.6 is 11.6 Å². The van der Waals surface area contributed by atoms with E-state index in [1.807, 2.05) is 0 Å². The molecule has 3 aromatic carbocycles. The normalized spacial score (nSPS) is 11.0. The summed E-state index contributed by atoms with van der Waals surface area (Å²) >= 11 is 5.81. The highest BCUT2D eigenvalue weighted by Gasteiger charge is 2.20. The highest BCUT2D eigenvalue weighted by molar-refractivity contribution is 7.92. The molecule has 0 heterocycles. The van der Waals surface area contributed by atoms with Gasteiger partial charge in [0, 0.05) is 17.8 Å². The zero-order valence-corrected chi connectivity index (χ0v) is 17.2. The molecule has 0 radical (unpaired) electrons. The first-order valence-corrected chi connectivity index (χ1v) is 10.5. The Morgan fingerprint density at radius 1 is 0.966 bits per heavy atom. The molecule has 0 saturated carbocycles. The second kappa shape index (κ2) is 8.98. The van der Waals surface area contributed by atoms with Crippen LogP contribution in [0, 0.1) is 0 Å². The molecule has 0 saturated heterocycles. The molecule has 1 N–H and O–H groups in total. The summed E-state index contributed by atoms with van der Waals surface area (Å²) in [6.07, 6.45) is 0.